The van der Waals surface area contributed by atoms with Gasteiger partial charge >= 0.3 is 0 Å². The van der Waals surface area contributed by atoms with Gasteiger partial charge in [0.1, 0.15) is 17.5 Å². The molecule has 0 radical (unpaired) electrons. The average molecular weight is 251 g/mol. The van der Waals surface area contributed by atoms with Gasteiger partial charge in [0.05, 0.1) is 0 Å². The van der Waals surface area contributed by atoms with Crippen LogP contribution in [-0.4, -0.2) is 48.6 Å². The van der Waals surface area contributed by atoms with Crippen molar-refractivity contribution in [2.75, 3.05) is 44.4 Å². The molecule has 1 heterocycles. The highest BCUT2D eigenvalue weighted by atomic mass is 15.1. The number of aromatic nitrogens is 2. The maximum atomic E-state index is 4.46. The fraction of sp³-hybridized carbons (Fsp3) is 0.692. The normalized spacial score (nSPS) is 10.8. The van der Waals surface area contributed by atoms with Crippen molar-refractivity contribution in [3.05, 3.63) is 11.4 Å². The Balaban J connectivity index is 2.74. The van der Waals surface area contributed by atoms with Gasteiger partial charge in [-0.05, 0) is 34.4 Å². The van der Waals surface area contributed by atoms with Gasteiger partial charge in [0.2, 0.25) is 0 Å². The summed E-state index contributed by atoms with van der Waals surface area (Å²) >= 11 is 0. The van der Waals surface area contributed by atoms with Crippen molar-refractivity contribution in [1.82, 2.24) is 14.9 Å². The van der Waals surface area contributed by atoms with Crippen LogP contribution in [0.5, 0.6) is 0 Å². The second-order valence-electron chi connectivity index (χ2n) is 4.75. The standard InChI is InChI=1S/C13H25N5/c1-6-7-14-12-10(2)13(17-11(3)16-12)15-8-9-18(4)5/h6-9H2,1-5H3,(H2,14,15,16,17). The van der Waals surface area contributed by atoms with Crippen molar-refractivity contribution >= 4 is 11.6 Å². The van der Waals surface area contributed by atoms with Gasteiger partial charge in [-0.15, -0.1) is 0 Å². The van der Waals surface area contributed by atoms with Gasteiger partial charge in [0, 0.05) is 25.2 Å². The second-order valence-corrected chi connectivity index (χ2v) is 4.75. The first-order valence-corrected chi connectivity index (χ1v) is 6.52. The van der Waals surface area contributed by atoms with E-state index in [-0.39, 0.29) is 0 Å². The largest absolute Gasteiger partial charge is 0.370 e. The third-order valence-electron chi connectivity index (χ3n) is 2.65. The first-order chi connectivity index (χ1) is 8.54. The fourth-order valence-corrected chi connectivity index (χ4v) is 1.61. The molecule has 5 heteroatoms. The molecule has 0 saturated heterocycles. The minimum atomic E-state index is 0.798. The molecule has 0 fully saturated rings. The van der Waals surface area contributed by atoms with Gasteiger partial charge in [-0.3, -0.25) is 0 Å². The molecule has 5 nitrogen and oxygen atoms in total. The Bertz CT molecular complexity index is 376. The summed E-state index contributed by atoms with van der Waals surface area (Å²) in [6.07, 6.45) is 1.09. The van der Waals surface area contributed by atoms with E-state index in [9.17, 15) is 0 Å². The molecule has 0 saturated carbocycles. The molecular weight excluding hydrogens is 226 g/mol. The van der Waals surface area contributed by atoms with E-state index in [4.69, 9.17) is 0 Å². The molecule has 0 amide bonds. The van der Waals surface area contributed by atoms with Crippen LogP contribution >= 0.6 is 0 Å². The maximum Gasteiger partial charge on any atom is 0.134 e. The van der Waals surface area contributed by atoms with Crippen LogP contribution in [0.25, 0.3) is 0 Å². The van der Waals surface area contributed by atoms with Crippen LogP contribution in [-0.2, 0) is 0 Å². The first-order valence-electron chi connectivity index (χ1n) is 6.52. The van der Waals surface area contributed by atoms with Crippen molar-refractivity contribution in [2.24, 2.45) is 0 Å². The SMILES string of the molecule is CCCNc1nc(C)nc(NCCN(C)C)c1C. The van der Waals surface area contributed by atoms with E-state index in [0.29, 0.717) is 0 Å². The maximum absolute atomic E-state index is 4.46. The van der Waals surface area contributed by atoms with Crippen LogP contribution < -0.4 is 10.6 Å². The summed E-state index contributed by atoms with van der Waals surface area (Å²) in [5.41, 5.74) is 1.09. The van der Waals surface area contributed by atoms with E-state index in [1.165, 1.54) is 0 Å². The third-order valence-corrected chi connectivity index (χ3v) is 2.65. The molecule has 0 aromatic carbocycles. The summed E-state index contributed by atoms with van der Waals surface area (Å²) in [5, 5.41) is 6.71. The van der Waals surface area contributed by atoms with Gasteiger partial charge in [-0.25, -0.2) is 9.97 Å². The molecule has 0 atom stereocenters. The van der Waals surface area contributed by atoms with Crippen LogP contribution in [0.4, 0.5) is 11.6 Å². The highest BCUT2D eigenvalue weighted by molar-refractivity contribution is 5.57. The summed E-state index contributed by atoms with van der Waals surface area (Å²) < 4.78 is 0. The summed E-state index contributed by atoms with van der Waals surface area (Å²) in [4.78, 5) is 11.0. The van der Waals surface area contributed by atoms with Gasteiger partial charge in [-0.2, -0.15) is 0 Å². The van der Waals surface area contributed by atoms with Crippen molar-refractivity contribution in [1.29, 1.82) is 0 Å². The highest BCUT2D eigenvalue weighted by Crippen LogP contribution is 2.19. The van der Waals surface area contributed by atoms with E-state index in [1.54, 1.807) is 0 Å². The zero-order valence-electron chi connectivity index (χ0n) is 12.2. The van der Waals surface area contributed by atoms with Crippen molar-refractivity contribution in [3.63, 3.8) is 0 Å². The Labute approximate surface area is 110 Å². The fourth-order valence-electron chi connectivity index (χ4n) is 1.61. The van der Waals surface area contributed by atoms with Crippen LogP contribution in [0.2, 0.25) is 0 Å². The Hall–Kier alpha value is -1.36. The zero-order valence-corrected chi connectivity index (χ0v) is 12.2. The van der Waals surface area contributed by atoms with Crippen molar-refractivity contribution < 1.29 is 0 Å². The summed E-state index contributed by atoms with van der Waals surface area (Å²) in [6, 6.07) is 0. The summed E-state index contributed by atoms with van der Waals surface area (Å²) in [7, 11) is 4.13. The number of nitrogens with zero attached hydrogens (tertiary/aromatic N) is 3. The van der Waals surface area contributed by atoms with Crippen LogP contribution in [0.15, 0.2) is 0 Å². The molecule has 0 aliphatic heterocycles. The lowest BCUT2D eigenvalue weighted by Gasteiger charge is -2.15. The van der Waals surface area contributed by atoms with E-state index in [0.717, 1.165) is 49.1 Å². The number of anilines is 2. The lowest BCUT2D eigenvalue weighted by Crippen LogP contribution is -2.22. The molecule has 1 aromatic rings. The zero-order chi connectivity index (χ0) is 13.5. The Morgan fingerprint density at radius 3 is 2.06 bits per heavy atom. The second kappa shape index (κ2) is 7.16. The number of rotatable bonds is 7. The van der Waals surface area contributed by atoms with Crippen LogP contribution in [0.3, 0.4) is 0 Å². The van der Waals surface area contributed by atoms with Gasteiger partial charge in [0.15, 0.2) is 0 Å². The lowest BCUT2D eigenvalue weighted by atomic mass is 10.3. The summed E-state index contributed by atoms with van der Waals surface area (Å²) in [5.74, 6) is 2.67. The number of hydrogen-bond donors (Lipinski definition) is 2. The molecule has 102 valence electrons. The third kappa shape index (κ3) is 4.49. The molecule has 1 rings (SSSR count). The van der Waals surface area contributed by atoms with E-state index in [2.05, 4.69) is 53.4 Å². The predicted molar refractivity (Wildman–Crippen MR) is 77.3 cm³/mol. The highest BCUT2D eigenvalue weighted by Gasteiger charge is 2.08. The minimum absolute atomic E-state index is 0.798. The summed E-state index contributed by atoms with van der Waals surface area (Å²) in [6.45, 7) is 8.93. The topological polar surface area (TPSA) is 53.1 Å². The van der Waals surface area contributed by atoms with E-state index in [1.807, 2.05) is 6.92 Å². The number of hydrogen-bond acceptors (Lipinski definition) is 5. The molecule has 0 spiro atoms. The number of likely N-dealkylation sites (N-methyl/N-ethyl adjacent to an activating group) is 1. The Morgan fingerprint density at radius 2 is 1.56 bits per heavy atom. The van der Waals surface area contributed by atoms with Crippen LogP contribution in [0.1, 0.15) is 24.7 Å². The predicted octanol–water partition coefficient (Wildman–Crippen LogP) is 1.89. The molecule has 0 aliphatic carbocycles. The monoisotopic (exact) mass is 251 g/mol. The molecule has 1 aromatic heterocycles. The Kier molecular flexibility index (Phi) is 5.85. The molecule has 0 bridgehead atoms. The molecule has 0 unspecified atom stereocenters. The average Bonchev–Trinajstić information content (AvgIpc) is 2.30. The lowest BCUT2D eigenvalue weighted by molar-refractivity contribution is 0.425. The molecule has 0 aliphatic rings. The molecular formula is C13H25N5. The number of aryl methyl sites for hydroxylation is 1. The van der Waals surface area contributed by atoms with Crippen LogP contribution in [0, 0.1) is 13.8 Å². The van der Waals surface area contributed by atoms with E-state index < -0.39 is 0 Å². The number of nitrogens with one attached hydrogen (secondary N) is 2. The van der Waals surface area contributed by atoms with Crippen molar-refractivity contribution in [3.8, 4) is 0 Å². The Morgan fingerprint density at radius 1 is 1.00 bits per heavy atom. The van der Waals surface area contributed by atoms with Gasteiger partial charge in [0.25, 0.3) is 0 Å². The van der Waals surface area contributed by atoms with Gasteiger partial charge < -0.3 is 15.5 Å². The molecule has 2 N–H and O–H groups in total. The van der Waals surface area contributed by atoms with Gasteiger partial charge in [-0.1, -0.05) is 6.92 Å². The minimum Gasteiger partial charge on any atom is -0.370 e. The first kappa shape index (κ1) is 14.7. The van der Waals surface area contributed by atoms with E-state index >= 15 is 0 Å². The van der Waals surface area contributed by atoms with Crippen molar-refractivity contribution in [2.45, 2.75) is 27.2 Å². The smallest absolute Gasteiger partial charge is 0.134 e. The molecule has 18 heavy (non-hydrogen) atoms. The quantitative estimate of drug-likeness (QED) is 0.775.